The Morgan fingerprint density at radius 1 is 1.33 bits per heavy atom. The molecule has 0 bridgehead atoms. The van der Waals surface area contributed by atoms with Gasteiger partial charge in [-0.05, 0) is 46.1 Å². The molecule has 1 saturated heterocycles. The van der Waals surface area contributed by atoms with Crippen molar-refractivity contribution in [2.24, 2.45) is 0 Å². The Balaban J connectivity index is 1.82. The molecule has 3 heterocycles. The second kappa shape index (κ2) is 5.75. The molecule has 1 aromatic heterocycles. The van der Waals surface area contributed by atoms with Crippen LogP contribution in [-0.2, 0) is 11.2 Å². The lowest BCUT2D eigenvalue weighted by Gasteiger charge is -2.34. The van der Waals surface area contributed by atoms with Gasteiger partial charge in [-0.15, -0.1) is 0 Å². The second-order valence-corrected chi connectivity index (χ2v) is 6.50. The highest BCUT2D eigenvalue weighted by molar-refractivity contribution is 5.71. The first-order valence-corrected chi connectivity index (χ1v) is 7.98. The lowest BCUT2D eigenvalue weighted by atomic mass is 9.96. The van der Waals surface area contributed by atoms with Gasteiger partial charge in [-0.1, -0.05) is 0 Å². The smallest absolute Gasteiger partial charge is 0.328 e. The summed E-state index contributed by atoms with van der Waals surface area (Å²) in [6.45, 7) is 6.56. The van der Waals surface area contributed by atoms with Crippen LogP contribution in [0.4, 0.5) is 0 Å². The molecule has 6 heteroatoms. The zero-order valence-corrected chi connectivity index (χ0v) is 12.8. The molecule has 2 unspecified atom stereocenters. The Labute approximate surface area is 125 Å². The van der Waals surface area contributed by atoms with Gasteiger partial charge in [0.15, 0.2) is 11.9 Å². The number of aromatic nitrogens is 3. The molecule has 0 aliphatic carbocycles. The Bertz CT molecular complexity index is 526. The van der Waals surface area contributed by atoms with Crippen molar-refractivity contribution in [3.63, 3.8) is 0 Å². The van der Waals surface area contributed by atoms with E-state index in [-0.39, 0.29) is 0 Å². The van der Waals surface area contributed by atoms with Gasteiger partial charge in [0.1, 0.15) is 5.82 Å². The van der Waals surface area contributed by atoms with Crippen LogP contribution in [0.1, 0.15) is 63.1 Å². The van der Waals surface area contributed by atoms with Crippen molar-refractivity contribution in [3.05, 3.63) is 11.6 Å². The fraction of sp³-hybridized carbons (Fsp3) is 0.800. The zero-order valence-electron chi connectivity index (χ0n) is 12.8. The number of carboxylic acids is 1. The summed E-state index contributed by atoms with van der Waals surface area (Å²) in [5, 5.41) is 13.9. The minimum absolute atomic E-state index is 0.341. The highest BCUT2D eigenvalue weighted by Crippen LogP contribution is 2.29. The van der Waals surface area contributed by atoms with E-state index in [1.165, 1.54) is 0 Å². The van der Waals surface area contributed by atoms with E-state index in [0.29, 0.717) is 18.4 Å². The van der Waals surface area contributed by atoms with Gasteiger partial charge >= 0.3 is 5.97 Å². The molecule has 0 saturated carbocycles. The molecule has 0 spiro atoms. The van der Waals surface area contributed by atoms with Crippen LogP contribution >= 0.6 is 0 Å². The Morgan fingerprint density at radius 3 is 2.86 bits per heavy atom. The van der Waals surface area contributed by atoms with Crippen LogP contribution in [0, 0.1) is 0 Å². The molecular weight excluding hydrogens is 268 g/mol. The van der Waals surface area contributed by atoms with Crippen LogP contribution in [0.2, 0.25) is 0 Å². The summed E-state index contributed by atoms with van der Waals surface area (Å²) in [5.74, 6) is 1.25. The van der Waals surface area contributed by atoms with E-state index in [2.05, 4.69) is 28.8 Å². The van der Waals surface area contributed by atoms with Crippen molar-refractivity contribution in [3.8, 4) is 0 Å². The Morgan fingerprint density at radius 2 is 2.14 bits per heavy atom. The SMILES string of the molecule is CC(C)N1CCCC(c2nc3n(n2)C(C(=O)O)CCC3)C1. The van der Waals surface area contributed by atoms with E-state index in [4.69, 9.17) is 0 Å². The van der Waals surface area contributed by atoms with Crippen LogP contribution in [0.15, 0.2) is 0 Å². The number of hydrogen-bond acceptors (Lipinski definition) is 4. The molecule has 1 N–H and O–H groups in total. The molecule has 0 aromatic carbocycles. The predicted molar refractivity (Wildman–Crippen MR) is 78.3 cm³/mol. The summed E-state index contributed by atoms with van der Waals surface area (Å²) >= 11 is 0. The highest BCUT2D eigenvalue weighted by Gasteiger charge is 2.32. The number of aryl methyl sites for hydroxylation is 1. The van der Waals surface area contributed by atoms with E-state index in [9.17, 15) is 9.90 Å². The molecule has 0 amide bonds. The fourth-order valence-electron chi connectivity index (χ4n) is 3.46. The van der Waals surface area contributed by atoms with Crippen LogP contribution in [0.3, 0.4) is 0 Å². The number of fused-ring (bicyclic) bond motifs is 1. The maximum Gasteiger partial charge on any atom is 0.328 e. The number of piperidine rings is 1. The van der Waals surface area contributed by atoms with Gasteiger partial charge in [0, 0.05) is 24.9 Å². The summed E-state index contributed by atoms with van der Waals surface area (Å²) in [4.78, 5) is 18.5. The number of aliphatic carboxylic acids is 1. The number of carbonyl (C=O) groups is 1. The van der Waals surface area contributed by atoms with Crippen molar-refractivity contribution in [1.82, 2.24) is 19.7 Å². The number of likely N-dealkylation sites (tertiary alicyclic amines) is 1. The summed E-state index contributed by atoms with van der Waals surface area (Å²) in [6.07, 6.45) is 4.66. The van der Waals surface area contributed by atoms with E-state index in [1.54, 1.807) is 4.68 Å². The first-order chi connectivity index (χ1) is 10.1. The Kier molecular flexibility index (Phi) is 3.97. The number of rotatable bonds is 3. The van der Waals surface area contributed by atoms with Crippen LogP contribution < -0.4 is 0 Å². The Hall–Kier alpha value is -1.43. The molecule has 2 atom stereocenters. The predicted octanol–water partition coefficient (Wildman–Crippen LogP) is 1.83. The van der Waals surface area contributed by atoms with Gasteiger partial charge in [0.2, 0.25) is 0 Å². The van der Waals surface area contributed by atoms with Crippen molar-refractivity contribution >= 4 is 5.97 Å². The highest BCUT2D eigenvalue weighted by atomic mass is 16.4. The first kappa shape index (κ1) is 14.5. The maximum atomic E-state index is 11.3. The second-order valence-electron chi connectivity index (χ2n) is 6.50. The third-order valence-electron chi connectivity index (χ3n) is 4.72. The van der Waals surface area contributed by atoms with Crippen LogP contribution in [0.25, 0.3) is 0 Å². The average Bonchev–Trinajstić information content (AvgIpc) is 2.91. The molecule has 2 aliphatic rings. The monoisotopic (exact) mass is 292 g/mol. The van der Waals surface area contributed by atoms with E-state index in [0.717, 1.165) is 50.4 Å². The molecule has 21 heavy (non-hydrogen) atoms. The first-order valence-electron chi connectivity index (χ1n) is 7.98. The summed E-state index contributed by atoms with van der Waals surface area (Å²) in [5.41, 5.74) is 0. The summed E-state index contributed by atoms with van der Waals surface area (Å²) < 4.78 is 1.66. The number of carboxylic acid groups (broad SMARTS) is 1. The third-order valence-corrected chi connectivity index (χ3v) is 4.72. The standard InChI is InChI=1S/C15H24N4O2/c1-10(2)18-8-4-5-11(9-18)14-16-13-7-3-6-12(15(20)21)19(13)17-14/h10-12H,3-9H2,1-2H3,(H,20,21). The largest absolute Gasteiger partial charge is 0.480 e. The van der Waals surface area contributed by atoms with Crippen molar-refractivity contribution in [1.29, 1.82) is 0 Å². The lowest BCUT2D eigenvalue weighted by molar-refractivity contribution is -0.141. The quantitative estimate of drug-likeness (QED) is 0.920. The normalized spacial score (nSPS) is 26.8. The molecule has 6 nitrogen and oxygen atoms in total. The zero-order chi connectivity index (χ0) is 15.0. The van der Waals surface area contributed by atoms with Gasteiger partial charge in [-0.25, -0.2) is 14.5 Å². The molecule has 3 rings (SSSR count). The van der Waals surface area contributed by atoms with E-state index >= 15 is 0 Å². The van der Waals surface area contributed by atoms with Gasteiger partial charge in [-0.2, -0.15) is 5.10 Å². The average molecular weight is 292 g/mol. The molecule has 1 aromatic rings. The third kappa shape index (κ3) is 2.81. The van der Waals surface area contributed by atoms with Crippen molar-refractivity contribution in [2.75, 3.05) is 13.1 Å². The number of hydrogen-bond donors (Lipinski definition) is 1. The van der Waals surface area contributed by atoms with Crippen LogP contribution in [0.5, 0.6) is 0 Å². The van der Waals surface area contributed by atoms with Crippen LogP contribution in [-0.4, -0.2) is 49.9 Å². The van der Waals surface area contributed by atoms with Gasteiger partial charge < -0.3 is 10.0 Å². The van der Waals surface area contributed by atoms with Gasteiger partial charge in [0.05, 0.1) is 0 Å². The van der Waals surface area contributed by atoms with Crippen molar-refractivity contribution in [2.45, 2.75) is 64.0 Å². The maximum absolute atomic E-state index is 11.3. The summed E-state index contributed by atoms with van der Waals surface area (Å²) in [7, 11) is 0. The molecular formula is C15H24N4O2. The minimum Gasteiger partial charge on any atom is -0.480 e. The molecule has 0 radical (unpaired) electrons. The van der Waals surface area contributed by atoms with Gasteiger partial charge in [-0.3, -0.25) is 0 Å². The van der Waals surface area contributed by atoms with E-state index < -0.39 is 12.0 Å². The fourth-order valence-corrected chi connectivity index (χ4v) is 3.46. The topological polar surface area (TPSA) is 71.2 Å². The minimum atomic E-state index is -0.792. The van der Waals surface area contributed by atoms with Crippen molar-refractivity contribution < 1.29 is 9.90 Å². The van der Waals surface area contributed by atoms with Gasteiger partial charge in [0.25, 0.3) is 0 Å². The van der Waals surface area contributed by atoms with E-state index in [1.807, 2.05) is 0 Å². The molecule has 1 fully saturated rings. The summed E-state index contributed by atoms with van der Waals surface area (Å²) in [6, 6.07) is 0.0107. The molecule has 2 aliphatic heterocycles. The number of nitrogens with zero attached hydrogens (tertiary/aromatic N) is 4. The lowest BCUT2D eigenvalue weighted by Crippen LogP contribution is -2.39. The molecule has 116 valence electrons.